The average Bonchev–Trinajstić information content (AvgIpc) is 3.22. The van der Waals surface area contributed by atoms with Crippen molar-refractivity contribution in [2.24, 2.45) is 11.8 Å². The Hall–Kier alpha value is -2.07. The molecule has 1 saturated heterocycles. The number of hydrogen-bond acceptors (Lipinski definition) is 3. The SMILES string of the molecule is CCC(=O)N(CC[C@@H](Cc1ccccc1)[C@H]1CCOC(C)(C)C1)Cc1ccco1. The lowest BCUT2D eigenvalue weighted by atomic mass is 9.75. The van der Waals surface area contributed by atoms with Crippen molar-refractivity contribution >= 4 is 5.91 Å². The smallest absolute Gasteiger partial charge is 0.222 e. The highest BCUT2D eigenvalue weighted by atomic mass is 16.5. The number of carbonyl (C=O) groups excluding carboxylic acids is 1. The quantitative estimate of drug-likeness (QED) is 0.563. The second kappa shape index (κ2) is 10.1. The molecule has 3 rings (SSSR count). The predicted octanol–water partition coefficient (Wildman–Crippen LogP) is 5.47. The molecule has 1 fully saturated rings. The van der Waals surface area contributed by atoms with Gasteiger partial charge in [-0.3, -0.25) is 4.79 Å². The molecule has 0 saturated carbocycles. The van der Waals surface area contributed by atoms with Gasteiger partial charge >= 0.3 is 0 Å². The summed E-state index contributed by atoms with van der Waals surface area (Å²) >= 11 is 0. The van der Waals surface area contributed by atoms with E-state index < -0.39 is 0 Å². The Morgan fingerprint density at radius 2 is 2.00 bits per heavy atom. The maximum Gasteiger partial charge on any atom is 0.222 e. The van der Waals surface area contributed by atoms with E-state index in [0.717, 1.165) is 44.6 Å². The van der Waals surface area contributed by atoms with E-state index in [-0.39, 0.29) is 11.5 Å². The third-order valence-electron chi connectivity index (χ3n) is 6.09. The molecule has 4 nitrogen and oxygen atoms in total. The molecule has 1 aliphatic heterocycles. The second-order valence-electron chi connectivity index (χ2n) is 8.85. The molecular formula is C25H35NO3. The van der Waals surface area contributed by atoms with E-state index in [4.69, 9.17) is 9.15 Å². The van der Waals surface area contributed by atoms with Gasteiger partial charge in [0.1, 0.15) is 5.76 Å². The fourth-order valence-electron chi connectivity index (χ4n) is 4.53. The number of ether oxygens (including phenoxy) is 1. The first kappa shape index (κ1) is 21.6. The molecule has 2 aromatic rings. The van der Waals surface area contributed by atoms with E-state index in [1.165, 1.54) is 5.56 Å². The Balaban J connectivity index is 1.71. The van der Waals surface area contributed by atoms with Crippen LogP contribution in [0.2, 0.25) is 0 Å². The van der Waals surface area contributed by atoms with E-state index in [9.17, 15) is 4.79 Å². The van der Waals surface area contributed by atoms with E-state index in [1.807, 2.05) is 24.0 Å². The molecule has 0 N–H and O–H groups in total. The van der Waals surface area contributed by atoms with Crippen LogP contribution in [-0.4, -0.2) is 29.6 Å². The maximum atomic E-state index is 12.6. The zero-order valence-electron chi connectivity index (χ0n) is 18.1. The van der Waals surface area contributed by atoms with Gasteiger partial charge < -0.3 is 14.1 Å². The molecule has 0 bridgehead atoms. The monoisotopic (exact) mass is 397 g/mol. The molecule has 0 spiro atoms. The first-order valence-electron chi connectivity index (χ1n) is 10.9. The average molecular weight is 398 g/mol. The van der Waals surface area contributed by atoms with Gasteiger partial charge in [-0.1, -0.05) is 37.3 Å². The molecule has 0 unspecified atom stereocenters. The minimum absolute atomic E-state index is 0.0645. The molecule has 2 atom stereocenters. The normalized spacial score (nSPS) is 19.6. The molecule has 158 valence electrons. The number of amides is 1. The van der Waals surface area contributed by atoms with Crippen molar-refractivity contribution in [2.75, 3.05) is 13.2 Å². The van der Waals surface area contributed by atoms with Crippen molar-refractivity contribution in [3.8, 4) is 0 Å². The van der Waals surface area contributed by atoms with Crippen LogP contribution in [0.15, 0.2) is 53.1 Å². The minimum atomic E-state index is -0.0645. The summed E-state index contributed by atoms with van der Waals surface area (Å²) in [5.74, 6) is 2.18. The highest BCUT2D eigenvalue weighted by Crippen LogP contribution is 2.36. The Morgan fingerprint density at radius 3 is 2.66 bits per heavy atom. The molecule has 0 radical (unpaired) electrons. The summed E-state index contributed by atoms with van der Waals surface area (Å²) < 4.78 is 11.5. The summed E-state index contributed by atoms with van der Waals surface area (Å²) in [6.45, 7) is 8.47. The summed E-state index contributed by atoms with van der Waals surface area (Å²) in [6.07, 6.45) is 6.42. The van der Waals surface area contributed by atoms with Crippen molar-refractivity contribution in [3.05, 3.63) is 60.1 Å². The minimum Gasteiger partial charge on any atom is -0.467 e. The van der Waals surface area contributed by atoms with Gasteiger partial charge in [0, 0.05) is 19.6 Å². The molecule has 1 aliphatic rings. The van der Waals surface area contributed by atoms with Crippen molar-refractivity contribution in [3.63, 3.8) is 0 Å². The highest BCUT2D eigenvalue weighted by Gasteiger charge is 2.33. The van der Waals surface area contributed by atoms with Crippen LogP contribution in [0.5, 0.6) is 0 Å². The van der Waals surface area contributed by atoms with Gasteiger partial charge in [-0.2, -0.15) is 0 Å². The zero-order chi connectivity index (χ0) is 20.7. The van der Waals surface area contributed by atoms with Crippen molar-refractivity contribution in [1.82, 2.24) is 4.90 Å². The number of furan rings is 1. The van der Waals surface area contributed by atoms with Crippen LogP contribution in [0.3, 0.4) is 0 Å². The van der Waals surface area contributed by atoms with Crippen molar-refractivity contribution < 1.29 is 13.9 Å². The van der Waals surface area contributed by atoms with Crippen LogP contribution in [0, 0.1) is 11.8 Å². The van der Waals surface area contributed by atoms with Crippen molar-refractivity contribution in [1.29, 1.82) is 0 Å². The topological polar surface area (TPSA) is 42.7 Å². The number of hydrogen-bond donors (Lipinski definition) is 0. The lowest BCUT2D eigenvalue weighted by Gasteiger charge is -2.40. The Kier molecular flexibility index (Phi) is 7.54. The lowest BCUT2D eigenvalue weighted by molar-refractivity contribution is -0.132. The van der Waals surface area contributed by atoms with E-state index in [1.54, 1.807) is 6.26 Å². The molecule has 1 aromatic carbocycles. The van der Waals surface area contributed by atoms with Crippen LogP contribution >= 0.6 is 0 Å². The summed E-state index contributed by atoms with van der Waals surface area (Å²) in [6, 6.07) is 14.6. The Morgan fingerprint density at radius 1 is 1.21 bits per heavy atom. The summed E-state index contributed by atoms with van der Waals surface area (Å²) in [5, 5.41) is 0. The largest absolute Gasteiger partial charge is 0.467 e. The summed E-state index contributed by atoms with van der Waals surface area (Å²) in [5.41, 5.74) is 1.31. The maximum absolute atomic E-state index is 12.6. The van der Waals surface area contributed by atoms with E-state index in [2.05, 4.69) is 44.2 Å². The molecule has 1 aromatic heterocycles. The molecule has 29 heavy (non-hydrogen) atoms. The van der Waals surface area contributed by atoms with E-state index >= 15 is 0 Å². The third kappa shape index (κ3) is 6.46. The van der Waals surface area contributed by atoms with Crippen LogP contribution in [-0.2, 0) is 22.5 Å². The van der Waals surface area contributed by atoms with Gasteiger partial charge in [-0.15, -0.1) is 0 Å². The van der Waals surface area contributed by atoms with Crippen LogP contribution in [0.25, 0.3) is 0 Å². The molecule has 0 aliphatic carbocycles. The highest BCUT2D eigenvalue weighted by molar-refractivity contribution is 5.75. The Labute approximate surface area is 175 Å². The first-order chi connectivity index (χ1) is 14.0. The fourth-order valence-corrected chi connectivity index (χ4v) is 4.53. The number of benzene rings is 1. The van der Waals surface area contributed by atoms with Gasteiger partial charge in [-0.05, 0) is 69.1 Å². The molecule has 4 heteroatoms. The number of nitrogens with zero attached hydrogens (tertiary/aromatic N) is 1. The van der Waals surface area contributed by atoms with Gasteiger partial charge in [0.05, 0.1) is 18.4 Å². The third-order valence-corrected chi connectivity index (χ3v) is 6.09. The lowest BCUT2D eigenvalue weighted by Crippen LogP contribution is -2.39. The van der Waals surface area contributed by atoms with Crippen LogP contribution in [0.1, 0.15) is 57.8 Å². The predicted molar refractivity (Wildman–Crippen MR) is 115 cm³/mol. The van der Waals surface area contributed by atoms with E-state index in [0.29, 0.717) is 24.8 Å². The molecular weight excluding hydrogens is 362 g/mol. The van der Waals surface area contributed by atoms with Gasteiger partial charge in [-0.25, -0.2) is 0 Å². The molecule has 2 heterocycles. The van der Waals surface area contributed by atoms with Crippen LogP contribution in [0.4, 0.5) is 0 Å². The van der Waals surface area contributed by atoms with Gasteiger partial charge in [0.25, 0.3) is 0 Å². The standard InChI is InChI=1S/C25H35NO3/c1-4-24(27)26(19-23-11-8-15-28-23)14-12-21(17-20-9-6-5-7-10-20)22-13-16-29-25(2,3)18-22/h5-11,15,21-22H,4,12-14,16-19H2,1-3H3/t21-,22-/m0/s1. The van der Waals surface area contributed by atoms with Crippen LogP contribution < -0.4 is 0 Å². The second-order valence-corrected chi connectivity index (χ2v) is 8.85. The van der Waals surface area contributed by atoms with Gasteiger partial charge in [0.15, 0.2) is 0 Å². The summed E-state index contributed by atoms with van der Waals surface area (Å²) in [4.78, 5) is 14.5. The summed E-state index contributed by atoms with van der Waals surface area (Å²) in [7, 11) is 0. The molecule has 1 amide bonds. The van der Waals surface area contributed by atoms with Crippen molar-refractivity contribution in [2.45, 2.75) is 65.0 Å². The number of rotatable bonds is 9. The number of carbonyl (C=O) groups is 1. The zero-order valence-corrected chi connectivity index (χ0v) is 18.1. The van der Waals surface area contributed by atoms with Gasteiger partial charge in [0.2, 0.25) is 5.91 Å². The first-order valence-corrected chi connectivity index (χ1v) is 10.9. The Bertz CT molecular complexity index is 739. The fraction of sp³-hybridized carbons (Fsp3) is 0.560.